The lowest BCUT2D eigenvalue weighted by molar-refractivity contribution is 0.262. The van der Waals surface area contributed by atoms with Gasteiger partial charge in [0, 0.05) is 13.1 Å². The molecular formula is C21H25NO3S. The molecule has 26 heavy (non-hydrogen) atoms. The van der Waals surface area contributed by atoms with Crippen molar-refractivity contribution in [1.29, 1.82) is 0 Å². The van der Waals surface area contributed by atoms with E-state index in [0.717, 1.165) is 38.0 Å². The molecule has 0 N–H and O–H groups in total. The second kappa shape index (κ2) is 6.80. The molecule has 1 saturated carbocycles. The lowest BCUT2D eigenvalue weighted by Gasteiger charge is -2.16. The molecule has 1 heterocycles. The molecule has 0 aromatic heterocycles. The number of hydrogen-bond donors (Lipinski definition) is 0. The van der Waals surface area contributed by atoms with Gasteiger partial charge in [-0.2, -0.15) is 8.42 Å². The van der Waals surface area contributed by atoms with E-state index >= 15 is 0 Å². The number of nitrogens with zero attached hydrogens (tertiary/aromatic N) is 1. The molecule has 2 unspecified atom stereocenters. The quantitative estimate of drug-likeness (QED) is 0.728. The zero-order valence-electron chi connectivity index (χ0n) is 15.1. The molecule has 0 bridgehead atoms. The van der Waals surface area contributed by atoms with Gasteiger partial charge in [-0.05, 0) is 55.3 Å². The fourth-order valence-electron chi connectivity index (χ4n) is 4.07. The third kappa shape index (κ3) is 3.70. The van der Waals surface area contributed by atoms with E-state index in [1.807, 2.05) is 13.0 Å². The molecule has 5 heteroatoms. The molecule has 4 nitrogen and oxygen atoms in total. The summed E-state index contributed by atoms with van der Waals surface area (Å²) in [7, 11) is -3.65. The maximum Gasteiger partial charge on any atom is 0.296 e. The summed E-state index contributed by atoms with van der Waals surface area (Å²) in [5.41, 5.74) is 2.63. The Balaban J connectivity index is 1.31. The largest absolute Gasteiger partial charge is 0.298 e. The van der Waals surface area contributed by atoms with E-state index in [1.165, 1.54) is 5.56 Å². The number of rotatable bonds is 6. The number of hydrogen-bond acceptors (Lipinski definition) is 4. The SMILES string of the molecule is Cc1ccc(S(=O)(=O)OCC2CC23CCN(Cc2ccccc2)C3)cc1. The summed E-state index contributed by atoms with van der Waals surface area (Å²) < 4.78 is 30.1. The molecule has 2 fully saturated rings. The van der Waals surface area contributed by atoms with Crippen LogP contribution in [0.5, 0.6) is 0 Å². The first-order chi connectivity index (χ1) is 12.5. The Morgan fingerprint density at radius 2 is 1.85 bits per heavy atom. The molecule has 2 aromatic rings. The summed E-state index contributed by atoms with van der Waals surface area (Å²) in [5, 5.41) is 0. The summed E-state index contributed by atoms with van der Waals surface area (Å²) in [6.07, 6.45) is 2.21. The standard InChI is InChI=1S/C21H25NO3S/c1-17-7-9-20(10-8-17)26(23,24)25-15-19-13-21(19)11-12-22(16-21)14-18-5-3-2-4-6-18/h2-10,19H,11-16H2,1H3. The van der Waals surface area contributed by atoms with Crippen molar-refractivity contribution in [2.45, 2.75) is 31.2 Å². The lowest BCUT2D eigenvalue weighted by Crippen LogP contribution is -2.21. The third-order valence-electron chi connectivity index (χ3n) is 5.81. The second-order valence-corrected chi connectivity index (χ2v) is 9.38. The van der Waals surface area contributed by atoms with Crippen LogP contribution in [0.25, 0.3) is 0 Å². The van der Waals surface area contributed by atoms with Crippen molar-refractivity contribution in [3.05, 3.63) is 65.7 Å². The third-order valence-corrected chi connectivity index (χ3v) is 7.10. The Morgan fingerprint density at radius 1 is 1.12 bits per heavy atom. The van der Waals surface area contributed by atoms with Gasteiger partial charge in [0.05, 0.1) is 11.5 Å². The summed E-state index contributed by atoms with van der Waals surface area (Å²) in [5.74, 6) is 0.350. The molecule has 1 spiro atoms. The van der Waals surface area contributed by atoms with Gasteiger partial charge < -0.3 is 0 Å². The van der Waals surface area contributed by atoms with Crippen LogP contribution >= 0.6 is 0 Å². The Labute approximate surface area is 155 Å². The van der Waals surface area contributed by atoms with Gasteiger partial charge in [0.2, 0.25) is 0 Å². The monoisotopic (exact) mass is 371 g/mol. The van der Waals surface area contributed by atoms with Crippen LogP contribution in [0.1, 0.15) is 24.0 Å². The topological polar surface area (TPSA) is 46.6 Å². The molecule has 1 aliphatic carbocycles. The summed E-state index contributed by atoms with van der Waals surface area (Å²) >= 11 is 0. The van der Waals surface area contributed by atoms with Crippen molar-refractivity contribution in [3.63, 3.8) is 0 Å². The van der Waals surface area contributed by atoms with Crippen molar-refractivity contribution in [1.82, 2.24) is 4.90 Å². The maximum absolute atomic E-state index is 12.4. The first-order valence-electron chi connectivity index (χ1n) is 9.19. The van der Waals surface area contributed by atoms with Gasteiger partial charge in [0.15, 0.2) is 0 Å². The van der Waals surface area contributed by atoms with Gasteiger partial charge in [-0.15, -0.1) is 0 Å². The molecule has 1 aliphatic heterocycles. The Kier molecular flexibility index (Phi) is 4.63. The predicted molar refractivity (Wildman–Crippen MR) is 101 cm³/mol. The molecule has 0 amide bonds. The normalized spacial score (nSPS) is 25.7. The van der Waals surface area contributed by atoms with E-state index < -0.39 is 10.1 Å². The summed E-state index contributed by atoms with van der Waals surface area (Å²) in [4.78, 5) is 2.72. The predicted octanol–water partition coefficient (Wildman–Crippen LogP) is 3.61. The number of aryl methyl sites for hydroxylation is 1. The smallest absolute Gasteiger partial charge is 0.296 e. The minimum Gasteiger partial charge on any atom is -0.298 e. The summed E-state index contributed by atoms with van der Waals surface area (Å²) in [6, 6.07) is 17.3. The van der Waals surface area contributed by atoms with Gasteiger partial charge >= 0.3 is 0 Å². The van der Waals surface area contributed by atoms with Crippen LogP contribution in [0, 0.1) is 18.3 Å². The maximum atomic E-state index is 12.4. The molecule has 1 saturated heterocycles. The van der Waals surface area contributed by atoms with Crippen LogP contribution in [0.2, 0.25) is 0 Å². The zero-order valence-corrected chi connectivity index (χ0v) is 15.9. The van der Waals surface area contributed by atoms with Crippen molar-refractivity contribution in [3.8, 4) is 0 Å². The van der Waals surface area contributed by atoms with Gasteiger partial charge in [0.1, 0.15) is 0 Å². The first kappa shape index (κ1) is 17.7. The van der Waals surface area contributed by atoms with E-state index in [9.17, 15) is 8.42 Å². The van der Waals surface area contributed by atoms with E-state index in [0.29, 0.717) is 12.5 Å². The molecular weight excluding hydrogens is 346 g/mol. The van der Waals surface area contributed by atoms with Crippen LogP contribution in [0.3, 0.4) is 0 Å². The number of benzene rings is 2. The highest BCUT2D eigenvalue weighted by Crippen LogP contribution is 2.58. The fraction of sp³-hybridized carbons (Fsp3) is 0.429. The Morgan fingerprint density at radius 3 is 2.58 bits per heavy atom. The highest BCUT2D eigenvalue weighted by molar-refractivity contribution is 7.86. The average molecular weight is 372 g/mol. The first-order valence-corrected chi connectivity index (χ1v) is 10.6. The van der Waals surface area contributed by atoms with Crippen molar-refractivity contribution in [2.75, 3.05) is 19.7 Å². The molecule has 4 rings (SSSR count). The summed E-state index contributed by atoms with van der Waals surface area (Å²) in [6.45, 7) is 5.33. The number of likely N-dealkylation sites (tertiary alicyclic amines) is 1. The highest BCUT2D eigenvalue weighted by atomic mass is 32.2. The Hall–Kier alpha value is -1.69. The minimum absolute atomic E-state index is 0.245. The lowest BCUT2D eigenvalue weighted by atomic mass is 10.0. The minimum atomic E-state index is -3.65. The second-order valence-electron chi connectivity index (χ2n) is 7.76. The van der Waals surface area contributed by atoms with Gasteiger partial charge in [-0.25, -0.2) is 0 Å². The molecule has 2 aliphatic rings. The van der Waals surface area contributed by atoms with Crippen molar-refractivity contribution >= 4 is 10.1 Å². The van der Waals surface area contributed by atoms with E-state index in [4.69, 9.17) is 4.18 Å². The van der Waals surface area contributed by atoms with Gasteiger partial charge in [-0.1, -0.05) is 48.0 Å². The van der Waals surface area contributed by atoms with E-state index in [2.05, 4.69) is 29.2 Å². The molecule has 138 valence electrons. The van der Waals surface area contributed by atoms with Gasteiger partial charge in [-0.3, -0.25) is 9.08 Å². The van der Waals surface area contributed by atoms with Crippen LogP contribution in [-0.4, -0.2) is 33.0 Å². The highest BCUT2D eigenvalue weighted by Gasteiger charge is 2.57. The molecule has 0 radical (unpaired) electrons. The van der Waals surface area contributed by atoms with Gasteiger partial charge in [0.25, 0.3) is 10.1 Å². The van der Waals surface area contributed by atoms with Crippen LogP contribution < -0.4 is 0 Å². The molecule has 2 aromatic carbocycles. The Bertz CT molecular complexity index is 864. The molecule has 2 atom stereocenters. The van der Waals surface area contributed by atoms with Crippen molar-refractivity contribution in [2.24, 2.45) is 11.3 Å². The van der Waals surface area contributed by atoms with Crippen LogP contribution in [0.15, 0.2) is 59.5 Å². The van der Waals surface area contributed by atoms with Crippen LogP contribution in [0.4, 0.5) is 0 Å². The average Bonchev–Trinajstić information content (AvgIpc) is 3.16. The zero-order chi connectivity index (χ0) is 18.2. The van der Waals surface area contributed by atoms with E-state index in [1.54, 1.807) is 24.3 Å². The van der Waals surface area contributed by atoms with E-state index in [-0.39, 0.29) is 10.3 Å². The van der Waals surface area contributed by atoms with Crippen LogP contribution in [-0.2, 0) is 20.8 Å². The fourth-order valence-corrected chi connectivity index (χ4v) is 5.02. The van der Waals surface area contributed by atoms with Crippen molar-refractivity contribution < 1.29 is 12.6 Å².